The first-order valence-electron chi connectivity index (χ1n) is 5.91. The van der Waals surface area contributed by atoms with Crippen LogP contribution in [0.25, 0.3) is 0 Å². The summed E-state index contributed by atoms with van der Waals surface area (Å²) < 4.78 is 0. The van der Waals surface area contributed by atoms with E-state index in [4.69, 9.17) is 23.2 Å². The zero-order chi connectivity index (χ0) is 13.3. The van der Waals surface area contributed by atoms with E-state index >= 15 is 0 Å². The van der Waals surface area contributed by atoms with Crippen LogP contribution in [-0.2, 0) is 4.79 Å². The SMILES string of the molecule is Cc1ccc(Cl)c(NC(=O)C2(C)CCNC2)c1Cl. The van der Waals surface area contributed by atoms with Crippen molar-refractivity contribution >= 4 is 34.8 Å². The largest absolute Gasteiger partial charge is 0.323 e. The minimum atomic E-state index is -0.392. The van der Waals surface area contributed by atoms with Gasteiger partial charge in [0.1, 0.15) is 0 Å². The first-order chi connectivity index (χ1) is 8.44. The van der Waals surface area contributed by atoms with Crippen LogP contribution >= 0.6 is 23.2 Å². The summed E-state index contributed by atoms with van der Waals surface area (Å²) in [4.78, 5) is 12.3. The number of hydrogen-bond donors (Lipinski definition) is 2. The number of anilines is 1. The Labute approximate surface area is 117 Å². The van der Waals surface area contributed by atoms with Crippen LogP contribution < -0.4 is 10.6 Å². The molecule has 18 heavy (non-hydrogen) atoms. The van der Waals surface area contributed by atoms with Crippen LogP contribution in [0.1, 0.15) is 18.9 Å². The zero-order valence-corrected chi connectivity index (χ0v) is 12.0. The molecule has 3 nitrogen and oxygen atoms in total. The van der Waals surface area contributed by atoms with Gasteiger partial charge in [-0.2, -0.15) is 0 Å². The van der Waals surface area contributed by atoms with Gasteiger partial charge in [-0.15, -0.1) is 0 Å². The van der Waals surface area contributed by atoms with Gasteiger partial charge >= 0.3 is 0 Å². The van der Waals surface area contributed by atoms with Crippen molar-refractivity contribution in [3.05, 3.63) is 27.7 Å². The van der Waals surface area contributed by atoms with E-state index in [1.165, 1.54) is 0 Å². The maximum absolute atomic E-state index is 12.3. The average Bonchev–Trinajstić information content (AvgIpc) is 2.78. The molecule has 1 heterocycles. The number of rotatable bonds is 2. The monoisotopic (exact) mass is 286 g/mol. The normalized spacial score (nSPS) is 23.1. The van der Waals surface area contributed by atoms with E-state index in [1.807, 2.05) is 19.9 Å². The molecule has 1 aromatic rings. The van der Waals surface area contributed by atoms with Gasteiger partial charge in [-0.3, -0.25) is 4.79 Å². The maximum atomic E-state index is 12.3. The van der Waals surface area contributed by atoms with Gasteiger partial charge in [0.05, 0.1) is 21.1 Å². The number of hydrogen-bond acceptors (Lipinski definition) is 2. The molecule has 1 fully saturated rings. The van der Waals surface area contributed by atoms with Crippen molar-refractivity contribution < 1.29 is 4.79 Å². The van der Waals surface area contributed by atoms with Gasteiger partial charge < -0.3 is 10.6 Å². The second-order valence-corrected chi connectivity index (χ2v) is 5.78. The number of halogens is 2. The summed E-state index contributed by atoms with van der Waals surface area (Å²) >= 11 is 12.3. The van der Waals surface area contributed by atoms with Crippen LogP contribution in [0, 0.1) is 12.3 Å². The minimum absolute atomic E-state index is 0.0399. The molecular weight excluding hydrogens is 271 g/mol. The lowest BCUT2D eigenvalue weighted by molar-refractivity contribution is -0.123. The minimum Gasteiger partial charge on any atom is -0.323 e. The number of benzene rings is 1. The van der Waals surface area contributed by atoms with E-state index in [2.05, 4.69) is 10.6 Å². The molecule has 1 aliphatic rings. The van der Waals surface area contributed by atoms with Crippen LogP contribution in [0.3, 0.4) is 0 Å². The molecule has 2 N–H and O–H groups in total. The summed E-state index contributed by atoms with van der Waals surface area (Å²) in [6.07, 6.45) is 0.819. The number of aryl methyl sites for hydroxylation is 1. The van der Waals surface area contributed by atoms with Crippen molar-refractivity contribution in [3.63, 3.8) is 0 Å². The van der Waals surface area contributed by atoms with Crippen LogP contribution in [0.5, 0.6) is 0 Å². The third-order valence-corrected chi connectivity index (χ3v) is 4.24. The van der Waals surface area contributed by atoms with E-state index < -0.39 is 5.41 Å². The summed E-state index contributed by atoms with van der Waals surface area (Å²) in [6.45, 7) is 5.37. The van der Waals surface area contributed by atoms with Gasteiger partial charge in [-0.1, -0.05) is 29.3 Å². The third-order valence-electron chi connectivity index (χ3n) is 3.44. The maximum Gasteiger partial charge on any atom is 0.231 e. The third kappa shape index (κ3) is 2.48. The van der Waals surface area contributed by atoms with Crippen molar-refractivity contribution in [2.24, 2.45) is 5.41 Å². The summed E-state index contributed by atoms with van der Waals surface area (Å²) in [5.41, 5.74) is 1.01. The Bertz CT molecular complexity index is 482. The highest BCUT2D eigenvalue weighted by Gasteiger charge is 2.36. The van der Waals surface area contributed by atoms with Crippen molar-refractivity contribution in [2.75, 3.05) is 18.4 Å². The summed E-state index contributed by atoms with van der Waals surface area (Å²) in [6, 6.07) is 3.58. The Balaban J connectivity index is 2.24. The average molecular weight is 287 g/mol. The highest BCUT2D eigenvalue weighted by molar-refractivity contribution is 6.40. The number of amides is 1. The summed E-state index contributed by atoms with van der Waals surface area (Å²) in [5.74, 6) is -0.0399. The second kappa shape index (κ2) is 5.08. The predicted octanol–water partition coefficient (Wildman–Crippen LogP) is 3.24. The van der Waals surface area contributed by atoms with Crippen LogP contribution in [0.15, 0.2) is 12.1 Å². The molecule has 5 heteroatoms. The molecule has 0 saturated carbocycles. The highest BCUT2D eigenvalue weighted by atomic mass is 35.5. The first-order valence-corrected chi connectivity index (χ1v) is 6.66. The summed E-state index contributed by atoms with van der Waals surface area (Å²) in [5, 5.41) is 7.02. The lowest BCUT2D eigenvalue weighted by Gasteiger charge is -2.22. The fourth-order valence-electron chi connectivity index (χ4n) is 2.05. The fraction of sp³-hybridized carbons (Fsp3) is 0.462. The molecule has 0 radical (unpaired) electrons. The van der Waals surface area contributed by atoms with Gasteiger partial charge in [-0.05, 0) is 38.4 Å². The van der Waals surface area contributed by atoms with E-state index in [9.17, 15) is 4.79 Å². The second-order valence-electron chi connectivity index (χ2n) is 4.99. The molecule has 98 valence electrons. The van der Waals surface area contributed by atoms with Crippen LogP contribution in [0.4, 0.5) is 5.69 Å². The fourth-order valence-corrected chi connectivity index (χ4v) is 2.51. The lowest BCUT2D eigenvalue weighted by Crippen LogP contribution is -2.35. The van der Waals surface area contributed by atoms with Gasteiger partial charge in [-0.25, -0.2) is 0 Å². The molecular formula is C13H16Cl2N2O. The molecule has 1 aromatic carbocycles. The van der Waals surface area contributed by atoms with Crippen molar-refractivity contribution in [1.82, 2.24) is 5.32 Å². The van der Waals surface area contributed by atoms with Gasteiger partial charge in [0, 0.05) is 6.54 Å². The Morgan fingerprint density at radius 1 is 1.44 bits per heavy atom. The molecule has 2 rings (SSSR count). The molecule has 0 bridgehead atoms. The number of carbonyl (C=O) groups is 1. The number of carbonyl (C=O) groups excluding carboxylic acids is 1. The van der Waals surface area contributed by atoms with Gasteiger partial charge in [0.25, 0.3) is 0 Å². The smallest absolute Gasteiger partial charge is 0.231 e. The van der Waals surface area contributed by atoms with Crippen LogP contribution in [-0.4, -0.2) is 19.0 Å². The van der Waals surface area contributed by atoms with E-state index in [1.54, 1.807) is 6.07 Å². The topological polar surface area (TPSA) is 41.1 Å². The Morgan fingerprint density at radius 3 is 2.78 bits per heavy atom. The Hall–Kier alpha value is -0.770. The molecule has 1 atom stereocenters. The zero-order valence-electron chi connectivity index (χ0n) is 10.4. The quantitative estimate of drug-likeness (QED) is 0.876. The molecule has 0 aromatic heterocycles. The van der Waals surface area contributed by atoms with Crippen molar-refractivity contribution in [1.29, 1.82) is 0 Å². The van der Waals surface area contributed by atoms with E-state index in [0.717, 1.165) is 18.5 Å². The molecule has 1 saturated heterocycles. The molecule has 0 aliphatic carbocycles. The van der Waals surface area contributed by atoms with Gasteiger partial charge in [0.2, 0.25) is 5.91 Å². The summed E-state index contributed by atoms with van der Waals surface area (Å²) in [7, 11) is 0. The molecule has 1 amide bonds. The van der Waals surface area contributed by atoms with Crippen molar-refractivity contribution in [3.8, 4) is 0 Å². The lowest BCUT2D eigenvalue weighted by atomic mass is 9.88. The predicted molar refractivity (Wildman–Crippen MR) is 75.4 cm³/mol. The van der Waals surface area contributed by atoms with E-state index in [-0.39, 0.29) is 5.91 Å². The highest BCUT2D eigenvalue weighted by Crippen LogP contribution is 2.35. The molecule has 1 aliphatic heterocycles. The Kier molecular flexibility index (Phi) is 3.85. The van der Waals surface area contributed by atoms with Crippen LogP contribution in [0.2, 0.25) is 10.0 Å². The molecule has 1 unspecified atom stereocenters. The van der Waals surface area contributed by atoms with Crippen molar-refractivity contribution in [2.45, 2.75) is 20.3 Å². The standard InChI is InChI=1S/C13H16Cl2N2O/c1-8-3-4-9(14)11(10(8)15)17-12(18)13(2)5-6-16-7-13/h3-4,16H,5-7H2,1-2H3,(H,17,18). The number of nitrogens with one attached hydrogen (secondary N) is 2. The first kappa shape index (κ1) is 13.7. The molecule has 0 spiro atoms. The van der Waals surface area contributed by atoms with Gasteiger partial charge in [0.15, 0.2) is 0 Å². The Morgan fingerprint density at radius 2 is 2.17 bits per heavy atom. The van der Waals surface area contributed by atoms with E-state index in [0.29, 0.717) is 22.3 Å².